The van der Waals surface area contributed by atoms with E-state index in [1.165, 1.54) is 29.5 Å². The summed E-state index contributed by atoms with van der Waals surface area (Å²) in [4.78, 5) is 0.707. The number of aryl methyl sites for hydroxylation is 3. The zero-order chi connectivity index (χ0) is 11.9. The van der Waals surface area contributed by atoms with Crippen molar-refractivity contribution in [1.82, 2.24) is 0 Å². The molecule has 0 radical (unpaired) electrons. The minimum Gasteiger partial charge on any atom is -0.0888 e. The number of rotatable bonds is 1. The lowest BCUT2D eigenvalue weighted by atomic mass is 9.85. The van der Waals surface area contributed by atoms with Crippen molar-refractivity contribution >= 4 is 15.9 Å². The molecule has 0 heterocycles. The number of hydrogen-bond acceptors (Lipinski definition) is 0. The lowest BCUT2D eigenvalue weighted by Gasteiger charge is -2.21. The molecule has 2 rings (SSSR count). The van der Waals surface area contributed by atoms with Gasteiger partial charge in [0.2, 0.25) is 0 Å². The van der Waals surface area contributed by atoms with Gasteiger partial charge >= 0.3 is 0 Å². The molecule has 1 saturated carbocycles. The molecule has 1 heteroatoms. The third-order valence-electron chi connectivity index (χ3n) is 4.24. The van der Waals surface area contributed by atoms with Crippen molar-refractivity contribution in [2.45, 2.75) is 51.3 Å². The van der Waals surface area contributed by atoms with Crippen LogP contribution in [0.4, 0.5) is 0 Å². The molecule has 0 N–H and O–H groups in total. The Labute approximate surface area is 108 Å². The molecule has 0 aromatic heterocycles. The number of hydrogen-bond donors (Lipinski definition) is 0. The van der Waals surface area contributed by atoms with Crippen molar-refractivity contribution in [3.63, 3.8) is 0 Å². The van der Waals surface area contributed by atoms with Gasteiger partial charge in [-0.15, -0.1) is 0 Å². The van der Waals surface area contributed by atoms with E-state index < -0.39 is 0 Å². The lowest BCUT2D eigenvalue weighted by molar-refractivity contribution is 0.542. The van der Waals surface area contributed by atoms with Crippen LogP contribution in [-0.2, 0) is 0 Å². The maximum Gasteiger partial charge on any atom is 0.0177 e. The van der Waals surface area contributed by atoms with E-state index >= 15 is 0 Å². The Morgan fingerprint density at radius 2 is 1.62 bits per heavy atom. The molecule has 0 bridgehead atoms. The van der Waals surface area contributed by atoms with Crippen molar-refractivity contribution < 1.29 is 0 Å². The highest BCUT2D eigenvalue weighted by atomic mass is 79.9. The largest absolute Gasteiger partial charge is 0.0888 e. The van der Waals surface area contributed by atoms with Crippen LogP contribution in [-0.4, -0.2) is 4.83 Å². The van der Waals surface area contributed by atoms with Crippen LogP contribution in [0.3, 0.4) is 0 Å². The van der Waals surface area contributed by atoms with Crippen LogP contribution in [0.5, 0.6) is 0 Å². The molecule has 1 aromatic carbocycles. The zero-order valence-corrected chi connectivity index (χ0v) is 12.3. The van der Waals surface area contributed by atoms with Crippen LogP contribution in [0.2, 0.25) is 0 Å². The van der Waals surface area contributed by atoms with Crippen LogP contribution in [0.1, 0.15) is 47.9 Å². The molecule has 0 spiro atoms. The van der Waals surface area contributed by atoms with Gasteiger partial charge in [-0.3, -0.25) is 0 Å². The van der Waals surface area contributed by atoms with Crippen LogP contribution in [0, 0.1) is 26.7 Å². The van der Waals surface area contributed by atoms with Crippen LogP contribution >= 0.6 is 15.9 Å². The molecule has 88 valence electrons. The van der Waals surface area contributed by atoms with Crippen molar-refractivity contribution in [1.29, 1.82) is 0 Å². The topological polar surface area (TPSA) is 0 Å². The first-order valence-electron chi connectivity index (χ1n) is 6.22. The molecule has 0 aliphatic heterocycles. The molecule has 0 nitrogen and oxygen atoms in total. The molecule has 1 aliphatic carbocycles. The van der Waals surface area contributed by atoms with E-state index in [9.17, 15) is 0 Å². The van der Waals surface area contributed by atoms with Gasteiger partial charge in [0, 0.05) is 4.83 Å². The van der Waals surface area contributed by atoms with Gasteiger partial charge in [0.05, 0.1) is 0 Å². The molecule has 1 aliphatic rings. The number of benzene rings is 1. The van der Waals surface area contributed by atoms with Gasteiger partial charge in [0.15, 0.2) is 0 Å². The van der Waals surface area contributed by atoms with Gasteiger partial charge in [-0.2, -0.15) is 0 Å². The van der Waals surface area contributed by atoms with Crippen LogP contribution < -0.4 is 0 Å². The molecule has 1 aromatic rings. The quantitative estimate of drug-likeness (QED) is 0.643. The minimum absolute atomic E-state index is 0.707. The summed E-state index contributed by atoms with van der Waals surface area (Å²) in [5.74, 6) is 1.52. The third-order valence-corrected chi connectivity index (χ3v) is 5.53. The number of halogens is 1. The Bertz CT molecular complexity index is 395. The van der Waals surface area contributed by atoms with Gasteiger partial charge in [-0.05, 0) is 67.7 Å². The summed E-state index contributed by atoms with van der Waals surface area (Å²) >= 11 is 3.80. The first-order valence-corrected chi connectivity index (χ1v) is 7.14. The Balaban J connectivity index is 2.37. The molecule has 3 atom stereocenters. The standard InChI is InChI=1S/C15H21Br/c1-9-7-11(3)14(8-10(9)2)13-5-6-15(16)12(13)4/h7-8,12-13,15H,5-6H2,1-4H3. The van der Waals surface area contributed by atoms with Gasteiger partial charge in [0.1, 0.15) is 0 Å². The molecule has 3 unspecified atom stereocenters. The number of alkyl halides is 1. The van der Waals surface area contributed by atoms with Gasteiger partial charge < -0.3 is 0 Å². The van der Waals surface area contributed by atoms with Crippen LogP contribution in [0.15, 0.2) is 12.1 Å². The van der Waals surface area contributed by atoms with Crippen molar-refractivity contribution in [2.24, 2.45) is 5.92 Å². The lowest BCUT2D eigenvalue weighted by Crippen LogP contribution is -2.10. The Morgan fingerprint density at radius 1 is 1.00 bits per heavy atom. The molecule has 0 amide bonds. The first-order chi connectivity index (χ1) is 7.50. The highest BCUT2D eigenvalue weighted by molar-refractivity contribution is 9.09. The predicted octanol–water partition coefficient (Wildman–Crippen LogP) is 4.89. The summed E-state index contributed by atoms with van der Waals surface area (Å²) in [5, 5.41) is 0. The second-order valence-corrected chi connectivity index (χ2v) is 6.53. The zero-order valence-electron chi connectivity index (χ0n) is 10.7. The van der Waals surface area contributed by atoms with E-state index in [1.54, 1.807) is 5.56 Å². The normalized spacial score (nSPS) is 29.7. The van der Waals surface area contributed by atoms with Crippen molar-refractivity contribution in [3.05, 3.63) is 34.4 Å². The fourth-order valence-electron chi connectivity index (χ4n) is 2.94. The first kappa shape index (κ1) is 12.2. The summed E-state index contributed by atoms with van der Waals surface area (Å²) in [6.07, 6.45) is 2.65. The fourth-order valence-corrected chi connectivity index (χ4v) is 3.57. The minimum atomic E-state index is 0.707. The highest BCUT2D eigenvalue weighted by Gasteiger charge is 2.32. The Kier molecular flexibility index (Phi) is 3.44. The summed E-state index contributed by atoms with van der Waals surface area (Å²) in [5.41, 5.74) is 5.91. The summed E-state index contributed by atoms with van der Waals surface area (Å²) in [6.45, 7) is 9.07. The monoisotopic (exact) mass is 280 g/mol. The average Bonchev–Trinajstić information content (AvgIpc) is 2.54. The van der Waals surface area contributed by atoms with Crippen molar-refractivity contribution in [3.8, 4) is 0 Å². The summed E-state index contributed by atoms with van der Waals surface area (Å²) in [6, 6.07) is 4.76. The van der Waals surface area contributed by atoms with E-state index in [0.29, 0.717) is 4.83 Å². The maximum absolute atomic E-state index is 3.80. The van der Waals surface area contributed by atoms with Crippen LogP contribution in [0.25, 0.3) is 0 Å². The second-order valence-electron chi connectivity index (χ2n) is 5.35. The van der Waals surface area contributed by atoms with Gasteiger partial charge in [-0.1, -0.05) is 35.0 Å². The molecule has 16 heavy (non-hydrogen) atoms. The van der Waals surface area contributed by atoms with E-state index in [4.69, 9.17) is 0 Å². The molecule has 0 saturated heterocycles. The molecular formula is C15H21Br. The predicted molar refractivity (Wildman–Crippen MR) is 74.5 cm³/mol. The Morgan fingerprint density at radius 3 is 2.19 bits per heavy atom. The summed E-state index contributed by atoms with van der Waals surface area (Å²) in [7, 11) is 0. The van der Waals surface area contributed by atoms with E-state index in [-0.39, 0.29) is 0 Å². The maximum atomic E-state index is 3.80. The van der Waals surface area contributed by atoms with E-state index in [0.717, 1.165) is 11.8 Å². The second kappa shape index (κ2) is 4.52. The van der Waals surface area contributed by atoms with E-state index in [1.807, 2.05) is 0 Å². The van der Waals surface area contributed by atoms with Gasteiger partial charge in [0.25, 0.3) is 0 Å². The molecular weight excluding hydrogens is 260 g/mol. The highest BCUT2D eigenvalue weighted by Crippen LogP contribution is 2.44. The van der Waals surface area contributed by atoms with Gasteiger partial charge in [-0.25, -0.2) is 0 Å². The Hall–Kier alpha value is -0.300. The molecule has 1 fully saturated rings. The van der Waals surface area contributed by atoms with E-state index in [2.05, 4.69) is 55.8 Å². The SMILES string of the molecule is Cc1cc(C)c(C2CCC(Br)C2C)cc1C. The third kappa shape index (κ3) is 2.07. The summed E-state index contributed by atoms with van der Waals surface area (Å²) < 4.78 is 0. The average molecular weight is 281 g/mol. The van der Waals surface area contributed by atoms with Crippen molar-refractivity contribution in [2.75, 3.05) is 0 Å². The fraction of sp³-hybridized carbons (Fsp3) is 0.600. The smallest absolute Gasteiger partial charge is 0.0177 e.